The molecule has 1 saturated heterocycles. The average Bonchev–Trinajstić information content (AvgIpc) is 3.30. The van der Waals surface area contributed by atoms with Crippen LogP contribution in [0.2, 0.25) is 0 Å². The first kappa shape index (κ1) is 29.8. The molecule has 9 nitrogen and oxygen atoms in total. The van der Waals surface area contributed by atoms with E-state index < -0.39 is 27.3 Å². The minimum Gasteiger partial charge on any atom is -0.390 e. The number of aliphatic hydroxyl groups is 1. The topological polar surface area (TPSA) is 122 Å². The van der Waals surface area contributed by atoms with E-state index in [4.69, 9.17) is 4.98 Å². The first-order valence-corrected chi connectivity index (χ1v) is 16.0. The number of benzene rings is 2. The van der Waals surface area contributed by atoms with E-state index >= 15 is 4.39 Å². The molecule has 0 amide bonds. The van der Waals surface area contributed by atoms with Gasteiger partial charge < -0.3 is 14.9 Å². The first-order chi connectivity index (χ1) is 19.7. The van der Waals surface area contributed by atoms with Crippen molar-refractivity contribution in [2.45, 2.75) is 38.8 Å². The maximum absolute atomic E-state index is 15.7. The summed E-state index contributed by atoms with van der Waals surface area (Å²) in [6.07, 6.45) is 1.27. The summed E-state index contributed by atoms with van der Waals surface area (Å²) in [6.45, 7) is 6.38. The monoisotopic (exact) mass is 612 g/mol. The summed E-state index contributed by atoms with van der Waals surface area (Å²) in [5.41, 5.74) is 1.68. The van der Waals surface area contributed by atoms with Gasteiger partial charge in [-0.2, -0.15) is 5.26 Å². The van der Waals surface area contributed by atoms with Crippen LogP contribution < -0.4 is 14.5 Å². The summed E-state index contributed by atoms with van der Waals surface area (Å²) in [5.74, 6) is -0.954. The molecule has 5 rings (SSSR count). The minimum atomic E-state index is -3.37. The second-order valence-corrected chi connectivity index (χ2v) is 13.7. The zero-order chi connectivity index (χ0) is 30.4. The second kappa shape index (κ2) is 11.2. The summed E-state index contributed by atoms with van der Waals surface area (Å²) in [5, 5.41) is 21.4. The van der Waals surface area contributed by atoms with Gasteiger partial charge in [0, 0.05) is 48.4 Å². The summed E-state index contributed by atoms with van der Waals surface area (Å²) < 4.78 is 55.1. The Morgan fingerprint density at radius 3 is 2.48 bits per heavy atom. The largest absolute Gasteiger partial charge is 0.390 e. The molecule has 0 spiro atoms. The third-order valence-electron chi connectivity index (χ3n) is 6.80. The van der Waals surface area contributed by atoms with Crippen molar-refractivity contribution in [3.05, 3.63) is 64.7 Å². The van der Waals surface area contributed by atoms with Gasteiger partial charge in [-0.05, 0) is 63.2 Å². The van der Waals surface area contributed by atoms with Crippen molar-refractivity contribution in [2.75, 3.05) is 35.7 Å². The highest BCUT2D eigenvalue weighted by molar-refractivity contribution is 7.88. The zero-order valence-electron chi connectivity index (χ0n) is 23.5. The zero-order valence-corrected chi connectivity index (χ0v) is 25.2. The van der Waals surface area contributed by atoms with Gasteiger partial charge in [-0.1, -0.05) is 11.3 Å². The number of aromatic nitrogens is 2. The Morgan fingerprint density at radius 1 is 1.19 bits per heavy atom. The third kappa shape index (κ3) is 6.37. The lowest BCUT2D eigenvalue weighted by molar-refractivity contribution is 0.0800. The van der Waals surface area contributed by atoms with E-state index in [0.29, 0.717) is 63.4 Å². The van der Waals surface area contributed by atoms with Gasteiger partial charge in [-0.15, -0.1) is 0 Å². The van der Waals surface area contributed by atoms with Crippen LogP contribution in [0.25, 0.3) is 22.2 Å². The van der Waals surface area contributed by atoms with Crippen molar-refractivity contribution in [3.63, 3.8) is 0 Å². The second-order valence-electron chi connectivity index (χ2n) is 11.0. The fourth-order valence-electron chi connectivity index (χ4n) is 5.02. The van der Waals surface area contributed by atoms with E-state index in [0.717, 1.165) is 6.26 Å². The number of hydrogen-bond acceptors (Lipinski definition) is 9. The van der Waals surface area contributed by atoms with Crippen molar-refractivity contribution >= 4 is 48.8 Å². The summed E-state index contributed by atoms with van der Waals surface area (Å²) >= 11 is 1.17. The van der Waals surface area contributed by atoms with Gasteiger partial charge >= 0.3 is 0 Å². The van der Waals surface area contributed by atoms with E-state index in [1.165, 1.54) is 29.5 Å². The Hall–Kier alpha value is -3.70. The van der Waals surface area contributed by atoms with Crippen molar-refractivity contribution < 1.29 is 22.3 Å². The highest BCUT2D eigenvalue weighted by Gasteiger charge is 2.31. The van der Waals surface area contributed by atoms with Crippen molar-refractivity contribution in [1.29, 1.82) is 5.26 Å². The van der Waals surface area contributed by atoms with Crippen LogP contribution in [0.5, 0.6) is 0 Å². The number of rotatable bonds is 9. The number of nitrogens with zero attached hydrogens (tertiary/aromatic N) is 5. The molecule has 2 aromatic heterocycles. The standard InChI is InChI=1S/C29H30F2N6O3S2/c1-5-37(28-34-26(25(14-32)41-28)17-6-8-18(30)9-7-17)24-10-19(13-29(2,3)38)33-27-22(24)11-21(12-23(27)31)36-15-20(16-36)35-42(4,39)40/h6-12,20,35,38H,5,13,15-16H2,1-4H3. The molecule has 1 aliphatic rings. The van der Waals surface area contributed by atoms with E-state index in [9.17, 15) is 23.2 Å². The Morgan fingerprint density at radius 2 is 1.88 bits per heavy atom. The number of anilines is 3. The summed E-state index contributed by atoms with van der Waals surface area (Å²) in [4.78, 5) is 13.4. The molecule has 2 N–H and O–H groups in total. The van der Waals surface area contributed by atoms with Gasteiger partial charge in [0.2, 0.25) is 10.0 Å². The number of sulfonamides is 1. The van der Waals surface area contributed by atoms with Crippen LogP contribution in [0.15, 0.2) is 42.5 Å². The molecule has 220 valence electrons. The molecular formula is C29H30F2N6O3S2. The maximum Gasteiger partial charge on any atom is 0.209 e. The normalized spacial score (nSPS) is 14.2. The molecule has 0 atom stereocenters. The first-order valence-electron chi connectivity index (χ1n) is 13.3. The molecule has 0 saturated carbocycles. The molecule has 4 aromatic rings. The number of hydrogen-bond donors (Lipinski definition) is 2. The van der Waals surface area contributed by atoms with Gasteiger partial charge in [0.05, 0.1) is 23.6 Å². The lowest BCUT2D eigenvalue weighted by Crippen LogP contribution is -2.59. The number of fused-ring (bicyclic) bond motifs is 1. The van der Waals surface area contributed by atoms with E-state index in [1.807, 2.05) is 22.8 Å². The van der Waals surface area contributed by atoms with Gasteiger partial charge in [0.25, 0.3) is 0 Å². The molecule has 1 fully saturated rings. The van der Waals surface area contributed by atoms with Crippen molar-refractivity contribution in [1.82, 2.24) is 14.7 Å². The van der Waals surface area contributed by atoms with Crippen LogP contribution in [0.1, 0.15) is 31.3 Å². The highest BCUT2D eigenvalue weighted by Crippen LogP contribution is 2.40. The quantitative estimate of drug-likeness (QED) is 0.279. The van der Waals surface area contributed by atoms with Crippen molar-refractivity contribution in [2.24, 2.45) is 0 Å². The van der Waals surface area contributed by atoms with E-state index in [-0.39, 0.29) is 18.0 Å². The molecule has 0 unspecified atom stereocenters. The fraction of sp³-hybridized carbons (Fsp3) is 0.345. The number of nitrogens with one attached hydrogen (secondary N) is 1. The van der Waals surface area contributed by atoms with Crippen LogP contribution in [0, 0.1) is 23.0 Å². The fourth-order valence-corrected chi connectivity index (χ4v) is 6.74. The van der Waals surface area contributed by atoms with Crippen LogP contribution in [0.3, 0.4) is 0 Å². The van der Waals surface area contributed by atoms with E-state index in [1.54, 1.807) is 32.0 Å². The minimum absolute atomic E-state index is 0.121. The molecule has 0 aliphatic carbocycles. The summed E-state index contributed by atoms with van der Waals surface area (Å²) in [6, 6.07) is 12.6. The Bertz CT molecular complexity index is 1790. The molecule has 3 heterocycles. The van der Waals surface area contributed by atoms with Gasteiger partial charge in [-0.3, -0.25) is 0 Å². The lowest BCUT2D eigenvalue weighted by atomic mass is 10.00. The van der Waals surface area contributed by atoms with Crippen LogP contribution in [-0.2, 0) is 16.4 Å². The molecule has 13 heteroatoms. The lowest BCUT2D eigenvalue weighted by Gasteiger charge is -2.41. The number of halogens is 2. The maximum atomic E-state index is 15.7. The van der Waals surface area contributed by atoms with Crippen LogP contribution in [0.4, 0.5) is 25.3 Å². The Kier molecular flexibility index (Phi) is 7.93. The number of nitriles is 1. The molecule has 42 heavy (non-hydrogen) atoms. The number of pyridine rings is 1. The van der Waals surface area contributed by atoms with Crippen LogP contribution in [-0.4, -0.2) is 61.0 Å². The highest BCUT2D eigenvalue weighted by atomic mass is 32.2. The Labute approximate surface area is 247 Å². The molecule has 0 bridgehead atoms. The van der Waals surface area contributed by atoms with Gasteiger partial charge in [-0.25, -0.2) is 31.9 Å². The number of thiazole rings is 1. The predicted octanol–water partition coefficient (Wildman–Crippen LogP) is 4.72. The SMILES string of the molecule is CCN(c1nc(-c2ccc(F)cc2)c(C#N)s1)c1cc(CC(C)(C)O)nc2c(F)cc(N3CC(NS(C)(=O)=O)C3)cc12. The average molecular weight is 613 g/mol. The third-order valence-corrected chi connectivity index (χ3v) is 8.54. The van der Waals surface area contributed by atoms with Gasteiger partial charge in [0.1, 0.15) is 28.0 Å². The summed E-state index contributed by atoms with van der Waals surface area (Å²) in [7, 11) is -3.37. The predicted molar refractivity (Wildman–Crippen MR) is 161 cm³/mol. The van der Waals surface area contributed by atoms with Gasteiger partial charge in [0.15, 0.2) is 10.9 Å². The molecular weight excluding hydrogens is 582 g/mol. The Balaban J connectivity index is 1.62. The molecule has 2 aromatic carbocycles. The van der Waals surface area contributed by atoms with E-state index in [2.05, 4.69) is 15.8 Å². The smallest absolute Gasteiger partial charge is 0.209 e. The van der Waals surface area contributed by atoms with Crippen LogP contribution >= 0.6 is 11.3 Å². The molecule has 0 radical (unpaired) electrons. The molecule has 1 aliphatic heterocycles. The van der Waals surface area contributed by atoms with Crippen molar-refractivity contribution in [3.8, 4) is 17.3 Å².